The third kappa shape index (κ3) is 3.74. The lowest BCUT2D eigenvalue weighted by molar-refractivity contribution is 0.146. The van der Waals surface area contributed by atoms with Gasteiger partial charge < -0.3 is 5.11 Å². The Labute approximate surface area is 166 Å². The lowest BCUT2D eigenvalue weighted by Gasteiger charge is -2.18. The Balaban J connectivity index is 1.50. The number of nitrogens with zero attached hydrogens (tertiary/aromatic N) is 5. The van der Waals surface area contributed by atoms with Crippen molar-refractivity contribution in [1.82, 2.24) is 20.2 Å². The summed E-state index contributed by atoms with van der Waals surface area (Å²) >= 11 is 0. The van der Waals surface area contributed by atoms with Gasteiger partial charge in [-0.05, 0) is 24.5 Å². The van der Waals surface area contributed by atoms with E-state index in [4.69, 9.17) is 0 Å². The van der Waals surface area contributed by atoms with Gasteiger partial charge in [0.1, 0.15) is 6.33 Å². The van der Waals surface area contributed by atoms with Gasteiger partial charge in [-0.1, -0.05) is 41.9 Å². The molecule has 4 rings (SSSR count). The van der Waals surface area contributed by atoms with Gasteiger partial charge in [-0.25, -0.2) is 9.40 Å². The van der Waals surface area contributed by atoms with Crippen molar-refractivity contribution in [3.05, 3.63) is 72.1 Å². The molecule has 1 aliphatic rings. The number of para-hydroxylation sites is 1. The fourth-order valence-electron chi connectivity index (χ4n) is 3.09. The second-order valence-electron chi connectivity index (χ2n) is 6.64. The molecule has 0 bridgehead atoms. The number of anilines is 1. The highest BCUT2D eigenvalue weighted by molar-refractivity contribution is 8.18. The van der Waals surface area contributed by atoms with Gasteiger partial charge >= 0.3 is 0 Å². The van der Waals surface area contributed by atoms with Gasteiger partial charge in [0.05, 0.1) is 18.0 Å². The van der Waals surface area contributed by atoms with Crippen LogP contribution in [0.25, 0.3) is 0 Å². The molecule has 1 aliphatic heterocycles. The Morgan fingerprint density at radius 1 is 1.14 bits per heavy atom. The zero-order valence-corrected chi connectivity index (χ0v) is 16.5. The highest BCUT2D eigenvalue weighted by Crippen LogP contribution is 2.32. The predicted octanol–water partition coefficient (Wildman–Crippen LogP) is 2.75. The van der Waals surface area contributed by atoms with Crippen LogP contribution in [0.1, 0.15) is 29.9 Å². The van der Waals surface area contributed by atoms with Gasteiger partial charge in [0.2, 0.25) is 0 Å². The fourth-order valence-corrected chi connectivity index (χ4v) is 4.56. The summed E-state index contributed by atoms with van der Waals surface area (Å²) < 4.78 is 2.03. The number of aliphatic hydroxyl groups excluding tert-OH is 1. The van der Waals surface area contributed by atoms with E-state index in [1.165, 1.54) is 6.33 Å². The average Bonchev–Trinajstić information content (AvgIpc) is 3.38. The van der Waals surface area contributed by atoms with Gasteiger partial charge in [-0.3, -0.25) is 10.1 Å². The number of nitrogens with one attached hydrogen (secondary N) is 1. The van der Waals surface area contributed by atoms with Crippen LogP contribution in [0.15, 0.2) is 60.1 Å². The van der Waals surface area contributed by atoms with Crippen LogP contribution in [0.5, 0.6) is 0 Å². The van der Waals surface area contributed by atoms with Crippen LogP contribution in [0, 0.1) is 0 Å². The standard InChI is InChI=1S/C20H22N6OS/c1-14(18(27)10-20-22-13-23-25-20)17-9-8-15(11-21-17)19-12-24-26(28(19)2)16-6-4-3-5-7-16/h3-9,11-14,18,27H,10H2,1-2H3,(H,22,23,25). The minimum atomic E-state index is -0.593. The van der Waals surface area contributed by atoms with E-state index in [0.29, 0.717) is 12.2 Å². The molecule has 28 heavy (non-hydrogen) atoms. The van der Waals surface area contributed by atoms with Crippen molar-refractivity contribution in [1.29, 1.82) is 0 Å². The molecule has 2 N–H and O–H groups in total. The van der Waals surface area contributed by atoms with Crippen molar-refractivity contribution in [2.75, 3.05) is 10.7 Å². The number of aromatic amines is 1. The van der Waals surface area contributed by atoms with E-state index in [1.54, 1.807) is 0 Å². The summed E-state index contributed by atoms with van der Waals surface area (Å²) in [6, 6.07) is 14.2. The van der Waals surface area contributed by atoms with E-state index < -0.39 is 6.10 Å². The first-order valence-electron chi connectivity index (χ1n) is 9.04. The zero-order valence-electron chi connectivity index (χ0n) is 15.7. The molecule has 8 heteroatoms. The van der Waals surface area contributed by atoms with E-state index in [1.807, 2.05) is 48.0 Å². The molecule has 7 nitrogen and oxygen atoms in total. The molecule has 1 aromatic carbocycles. The van der Waals surface area contributed by atoms with Gasteiger partial charge in [0.15, 0.2) is 5.82 Å². The molecule has 0 saturated heterocycles. The summed E-state index contributed by atoms with van der Waals surface area (Å²) in [7, 11) is -0.180. The van der Waals surface area contributed by atoms with Crippen molar-refractivity contribution in [3.63, 3.8) is 0 Å². The van der Waals surface area contributed by atoms with E-state index in [9.17, 15) is 5.11 Å². The Hall–Kier alpha value is -2.84. The third-order valence-electron chi connectivity index (χ3n) is 4.81. The van der Waals surface area contributed by atoms with Crippen LogP contribution in [-0.4, -0.2) is 48.7 Å². The highest BCUT2D eigenvalue weighted by atomic mass is 32.2. The summed E-state index contributed by atoms with van der Waals surface area (Å²) in [6.45, 7) is 1.96. The van der Waals surface area contributed by atoms with Crippen LogP contribution >= 0.6 is 10.7 Å². The van der Waals surface area contributed by atoms with Crippen LogP contribution in [0.3, 0.4) is 0 Å². The molecular weight excluding hydrogens is 372 g/mol. The molecule has 0 saturated carbocycles. The first-order chi connectivity index (χ1) is 13.6. The lowest BCUT2D eigenvalue weighted by atomic mass is 9.97. The SMILES string of the molecule is CC(c1ccc(C2=S(C)N(c3ccccc3)N=C2)cn1)C(O)Cc1nc[nH]n1. The maximum Gasteiger partial charge on any atom is 0.152 e. The maximum atomic E-state index is 10.5. The number of hydrogen-bond donors (Lipinski definition) is 2. The Morgan fingerprint density at radius 2 is 1.96 bits per heavy atom. The van der Waals surface area contributed by atoms with Crippen molar-refractivity contribution in [3.8, 4) is 0 Å². The average molecular weight is 395 g/mol. The molecule has 3 aromatic rings. The van der Waals surface area contributed by atoms with Crippen LogP contribution in [-0.2, 0) is 6.42 Å². The molecular formula is C20H22N6OS. The minimum Gasteiger partial charge on any atom is -0.392 e. The van der Waals surface area contributed by atoms with Crippen molar-refractivity contribution in [2.45, 2.75) is 25.4 Å². The Kier molecular flexibility index (Phi) is 5.31. The normalized spacial score (nSPS) is 18.5. The topological polar surface area (TPSA) is 90.3 Å². The first-order valence-corrected chi connectivity index (χ1v) is 10.6. The second kappa shape index (κ2) is 8.04. The van der Waals surface area contributed by atoms with E-state index in [-0.39, 0.29) is 16.6 Å². The number of pyridine rings is 1. The zero-order chi connectivity index (χ0) is 19.5. The largest absolute Gasteiger partial charge is 0.392 e. The Bertz CT molecular complexity index is 985. The van der Waals surface area contributed by atoms with Crippen LogP contribution in [0.4, 0.5) is 5.69 Å². The van der Waals surface area contributed by atoms with Gasteiger partial charge in [-0.2, -0.15) is 10.2 Å². The molecule has 3 atom stereocenters. The van der Waals surface area contributed by atoms with E-state index >= 15 is 0 Å². The monoisotopic (exact) mass is 394 g/mol. The van der Waals surface area contributed by atoms with Gasteiger partial charge in [0, 0.05) is 34.7 Å². The van der Waals surface area contributed by atoms with Crippen LogP contribution in [0.2, 0.25) is 0 Å². The van der Waals surface area contributed by atoms with Crippen molar-refractivity contribution < 1.29 is 5.11 Å². The fraction of sp³-hybridized carbons (Fsp3) is 0.250. The number of hydrazone groups is 1. The van der Waals surface area contributed by atoms with Crippen LogP contribution < -0.4 is 4.41 Å². The van der Waals surface area contributed by atoms with E-state index in [2.05, 4.69) is 49.7 Å². The van der Waals surface area contributed by atoms with Crippen molar-refractivity contribution >= 4 is 27.4 Å². The predicted molar refractivity (Wildman–Crippen MR) is 114 cm³/mol. The maximum absolute atomic E-state index is 10.5. The van der Waals surface area contributed by atoms with Crippen molar-refractivity contribution in [2.24, 2.45) is 5.10 Å². The molecule has 3 unspecified atom stereocenters. The number of H-pyrrole nitrogens is 1. The molecule has 0 aliphatic carbocycles. The molecule has 0 fully saturated rings. The summed E-state index contributed by atoms with van der Waals surface area (Å²) in [5, 5.41) is 21.7. The van der Waals surface area contributed by atoms with Gasteiger partial charge in [0.25, 0.3) is 0 Å². The minimum absolute atomic E-state index is 0.115. The first kappa shape index (κ1) is 18.5. The van der Waals surface area contributed by atoms with E-state index in [0.717, 1.165) is 21.8 Å². The quantitative estimate of drug-likeness (QED) is 0.628. The number of hydrogen-bond acceptors (Lipinski definition) is 6. The molecule has 144 valence electrons. The lowest BCUT2D eigenvalue weighted by Crippen LogP contribution is -2.20. The summed E-state index contributed by atoms with van der Waals surface area (Å²) in [6.07, 6.45) is 7.25. The smallest absolute Gasteiger partial charge is 0.152 e. The molecule has 0 radical (unpaired) electrons. The number of rotatable bonds is 6. The Morgan fingerprint density at radius 3 is 2.64 bits per heavy atom. The number of aliphatic hydroxyl groups is 1. The summed E-state index contributed by atoms with van der Waals surface area (Å²) in [5.74, 6) is 0.486. The molecule has 0 amide bonds. The molecule has 2 aromatic heterocycles. The third-order valence-corrected chi connectivity index (χ3v) is 6.61. The highest BCUT2D eigenvalue weighted by Gasteiger charge is 2.21. The second-order valence-corrected chi connectivity index (χ2v) is 8.38. The molecule has 0 spiro atoms. The molecule has 3 heterocycles. The van der Waals surface area contributed by atoms with Gasteiger partial charge in [-0.15, -0.1) is 0 Å². The number of benzene rings is 1. The summed E-state index contributed by atoms with van der Waals surface area (Å²) in [4.78, 5) is 9.82. The summed E-state index contributed by atoms with van der Waals surface area (Å²) in [5.41, 5.74) is 2.97. The number of aromatic nitrogens is 4.